The van der Waals surface area contributed by atoms with Crippen LogP contribution < -0.4 is 5.32 Å². The molecule has 0 aliphatic carbocycles. The van der Waals surface area contributed by atoms with Crippen LogP contribution in [0.4, 0.5) is 4.79 Å². The maximum Gasteiger partial charge on any atom is 0.405 e. The van der Waals surface area contributed by atoms with Crippen molar-refractivity contribution in [3.63, 3.8) is 0 Å². The van der Waals surface area contributed by atoms with Gasteiger partial charge in [0.25, 0.3) is 0 Å². The van der Waals surface area contributed by atoms with Gasteiger partial charge in [0.15, 0.2) is 9.84 Å². The van der Waals surface area contributed by atoms with E-state index < -0.39 is 15.9 Å². The molecular formula is C26H35N3O5S. The zero-order chi connectivity index (χ0) is 25.4. The van der Waals surface area contributed by atoms with Crippen LogP contribution in [0.1, 0.15) is 43.4 Å². The molecule has 1 atom stereocenters. The summed E-state index contributed by atoms with van der Waals surface area (Å²) in [5, 5.41) is 11.8. The number of likely N-dealkylation sites (tertiary alicyclic amines) is 1. The lowest BCUT2D eigenvalue weighted by Gasteiger charge is -2.38. The van der Waals surface area contributed by atoms with Gasteiger partial charge in [-0.15, -0.1) is 0 Å². The first-order valence-corrected chi connectivity index (χ1v) is 13.9. The molecule has 2 aromatic carbocycles. The number of piperidine rings is 1. The van der Waals surface area contributed by atoms with Crippen molar-refractivity contribution in [2.45, 2.75) is 49.6 Å². The van der Waals surface area contributed by atoms with E-state index in [0.717, 1.165) is 43.6 Å². The average Bonchev–Trinajstić information content (AvgIpc) is 2.83. The smallest absolute Gasteiger partial charge is 0.405 e. The molecular weight excluding hydrogens is 466 g/mol. The maximum absolute atomic E-state index is 13.0. The quantitative estimate of drug-likeness (QED) is 0.517. The zero-order valence-electron chi connectivity index (χ0n) is 20.4. The highest BCUT2D eigenvalue weighted by Crippen LogP contribution is 2.22. The van der Waals surface area contributed by atoms with Crippen LogP contribution in [-0.2, 0) is 21.1 Å². The molecule has 1 saturated heterocycles. The van der Waals surface area contributed by atoms with Crippen molar-refractivity contribution in [1.82, 2.24) is 15.1 Å². The lowest BCUT2D eigenvalue weighted by molar-refractivity contribution is -0.133. The molecule has 35 heavy (non-hydrogen) atoms. The molecule has 1 aliphatic rings. The largest absolute Gasteiger partial charge is 0.465 e. The molecule has 9 heteroatoms. The lowest BCUT2D eigenvalue weighted by atomic mass is 10.00. The standard InChI is InChI=1S/C26H35N3O5S/c1-3-29(25(30)19-20-9-11-23(12-10-20)35(2,33)34)22-13-16-28(17-14-22)18-15-24(27-26(31)32)21-7-5-4-6-8-21/h4-12,22,24,27H,3,13-19H2,1-2H3,(H,31,32). The predicted octanol–water partition coefficient (Wildman–Crippen LogP) is 3.34. The Morgan fingerprint density at radius 2 is 1.71 bits per heavy atom. The summed E-state index contributed by atoms with van der Waals surface area (Å²) in [5.74, 6) is 0.0489. The molecule has 1 heterocycles. The SMILES string of the molecule is CCN(C(=O)Cc1ccc(S(C)(=O)=O)cc1)C1CCN(CCC(NC(=O)O)c2ccccc2)CC1. The highest BCUT2D eigenvalue weighted by molar-refractivity contribution is 7.90. The minimum Gasteiger partial charge on any atom is -0.465 e. The van der Waals surface area contributed by atoms with Crippen molar-refractivity contribution in [3.8, 4) is 0 Å². The minimum atomic E-state index is -3.26. The van der Waals surface area contributed by atoms with Gasteiger partial charge < -0.3 is 20.2 Å². The van der Waals surface area contributed by atoms with Crippen LogP contribution in [0, 0.1) is 0 Å². The summed E-state index contributed by atoms with van der Waals surface area (Å²) < 4.78 is 23.3. The van der Waals surface area contributed by atoms with Crippen molar-refractivity contribution >= 4 is 21.8 Å². The Morgan fingerprint density at radius 1 is 1.09 bits per heavy atom. The first-order chi connectivity index (χ1) is 16.7. The summed E-state index contributed by atoms with van der Waals surface area (Å²) in [5.41, 5.74) is 1.76. The first-order valence-electron chi connectivity index (χ1n) is 12.0. The molecule has 0 radical (unpaired) electrons. The van der Waals surface area contributed by atoms with E-state index in [0.29, 0.717) is 13.0 Å². The van der Waals surface area contributed by atoms with Gasteiger partial charge in [0.05, 0.1) is 17.4 Å². The monoisotopic (exact) mass is 501 g/mol. The van der Waals surface area contributed by atoms with Gasteiger partial charge in [-0.2, -0.15) is 0 Å². The van der Waals surface area contributed by atoms with Gasteiger partial charge in [-0.05, 0) is 49.4 Å². The fraction of sp³-hybridized carbons (Fsp3) is 0.462. The van der Waals surface area contributed by atoms with Crippen LogP contribution in [0.15, 0.2) is 59.5 Å². The van der Waals surface area contributed by atoms with Gasteiger partial charge in [-0.3, -0.25) is 4.79 Å². The number of hydrogen-bond donors (Lipinski definition) is 2. The fourth-order valence-corrected chi connectivity index (χ4v) is 5.32. The molecule has 2 amide bonds. The van der Waals surface area contributed by atoms with E-state index in [9.17, 15) is 23.1 Å². The van der Waals surface area contributed by atoms with Crippen molar-refractivity contribution in [2.24, 2.45) is 0 Å². The Bertz CT molecular complexity index is 1080. The van der Waals surface area contributed by atoms with E-state index in [-0.39, 0.29) is 29.3 Å². The summed E-state index contributed by atoms with van der Waals surface area (Å²) >= 11 is 0. The molecule has 0 bridgehead atoms. The van der Waals surface area contributed by atoms with E-state index in [1.165, 1.54) is 6.26 Å². The number of carbonyl (C=O) groups excluding carboxylic acids is 1. The average molecular weight is 502 g/mol. The number of rotatable bonds is 10. The third-order valence-electron chi connectivity index (χ3n) is 6.60. The molecule has 190 valence electrons. The van der Waals surface area contributed by atoms with Crippen molar-refractivity contribution in [3.05, 3.63) is 65.7 Å². The Balaban J connectivity index is 1.51. The molecule has 0 aromatic heterocycles. The number of nitrogens with zero attached hydrogens (tertiary/aromatic N) is 2. The molecule has 2 aromatic rings. The van der Waals surface area contributed by atoms with E-state index in [1.807, 2.05) is 42.2 Å². The molecule has 1 fully saturated rings. The number of carboxylic acid groups (broad SMARTS) is 1. The summed E-state index contributed by atoms with van der Waals surface area (Å²) in [6.07, 6.45) is 2.81. The molecule has 2 N–H and O–H groups in total. The molecule has 0 spiro atoms. The van der Waals surface area contributed by atoms with Gasteiger partial charge >= 0.3 is 6.09 Å². The van der Waals surface area contributed by atoms with Gasteiger partial charge in [0.2, 0.25) is 5.91 Å². The second kappa shape index (κ2) is 12.2. The van der Waals surface area contributed by atoms with Crippen LogP contribution in [0.25, 0.3) is 0 Å². The topological polar surface area (TPSA) is 107 Å². The lowest BCUT2D eigenvalue weighted by Crippen LogP contribution is -2.48. The van der Waals surface area contributed by atoms with Crippen molar-refractivity contribution in [2.75, 3.05) is 32.4 Å². The van der Waals surface area contributed by atoms with E-state index >= 15 is 0 Å². The second-order valence-corrected chi connectivity index (χ2v) is 11.1. The number of benzene rings is 2. The molecule has 1 unspecified atom stereocenters. The van der Waals surface area contributed by atoms with Crippen LogP contribution in [0.2, 0.25) is 0 Å². The van der Waals surface area contributed by atoms with E-state index in [2.05, 4.69) is 10.2 Å². The fourth-order valence-electron chi connectivity index (χ4n) is 4.69. The van der Waals surface area contributed by atoms with Crippen LogP contribution in [-0.4, -0.2) is 73.8 Å². The van der Waals surface area contributed by atoms with Crippen molar-refractivity contribution < 1.29 is 23.1 Å². The molecule has 1 aliphatic heterocycles. The Kier molecular flexibility index (Phi) is 9.28. The van der Waals surface area contributed by atoms with Gasteiger partial charge in [-0.1, -0.05) is 42.5 Å². The van der Waals surface area contributed by atoms with Gasteiger partial charge in [0, 0.05) is 38.5 Å². The van der Waals surface area contributed by atoms with Crippen molar-refractivity contribution in [1.29, 1.82) is 0 Å². The summed E-state index contributed by atoms with van der Waals surface area (Å²) in [6, 6.07) is 16.0. The molecule has 3 rings (SSSR count). The number of carbonyl (C=O) groups is 2. The normalized spacial score (nSPS) is 15.9. The summed E-state index contributed by atoms with van der Waals surface area (Å²) in [7, 11) is -3.26. The third kappa shape index (κ3) is 7.80. The Morgan fingerprint density at radius 3 is 2.26 bits per heavy atom. The Hall–Kier alpha value is -2.91. The summed E-state index contributed by atoms with van der Waals surface area (Å²) in [6.45, 7) is 5.10. The maximum atomic E-state index is 13.0. The number of nitrogens with one attached hydrogen (secondary N) is 1. The summed E-state index contributed by atoms with van der Waals surface area (Å²) in [4.78, 5) is 28.8. The highest BCUT2D eigenvalue weighted by Gasteiger charge is 2.27. The predicted molar refractivity (Wildman–Crippen MR) is 135 cm³/mol. The zero-order valence-corrected chi connectivity index (χ0v) is 21.2. The van der Waals surface area contributed by atoms with E-state index in [1.54, 1.807) is 24.3 Å². The van der Waals surface area contributed by atoms with Crippen LogP contribution >= 0.6 is 0 Å². The van der Waals surface area contributed by atoms with Gasteiger partial charge in [0.1, 0.15) is 0 Å². The highest BCUT2D eigenvalue weighted by atomic mass is 32.2. The minimum absolute atomic E-state index is 0.0489. The van der Waals surface area contributed by atoms with Crippen LogP contribution in [0.3, 0.4) is 0 Å². The Labute approximate surface area is 207 Å². The number of hydrogen-bond acceptors (Lipinski definition) is 5. The molecule has 0 saturated carbocycles. The number of likely N-dealkylation sites (N-methyl/N-ethyl adjacent to an activating group) is 1. The number of amides is 2. The van der Waals surface area contributed by atoms with Gasteiger partial charge in [-0.25, -0.2) is 13.2 Å². The number of sulfone groups is 1. The second-order valence-electron chi connectivity index (χ2n) is 9.05. The first kappa shape index (κ1) is 26.7. The van der Waals surface area contributed by atoms with E-state index in [4.69, 9.17) is 0 Å². The van der Waals surface area contributed by atoms with Crippen LogP contribution in [0.5, 0.6) is 0 Å². The molecule has 8 nitrogen and oxygen atoms in total. The third-order valence-corrected chi connectivity index (χ3v) is 7.73.